The summed E-state index contributed by atoms with van der Waals surface area (Å²) in [6.07, 6.45) is 0. The monoisotopic (exact) mass is 282 g/mol. The fourth-order valence-electron chi connectivity index (χ4n) is 2.25. The van der Waals surface area contributed by atoms with E-state index >= 15 is 0 Å². The Balaban J connectivity index is 1.72. The normalized spacial score (nSPS) is 13.5. The SMILES string of the molecule is COc1ccc(COc2ccccc2C2=NCCN2)cc1. The van der Waals surface area contributed by atoms with Crippen LogP contribution in [0.3, 0.4) is 0 Å². The largest absolute Gasteiger partial charge is 0.497 e. The minimum absolute atomic E-state index is 0.522. The first-order chi connectivity index (χ1) is 10.4. The van der Waals surface area contributed by atoms with Crippen molar-refractivity contribution in [1.29, 1.82) is 0 Å². The van der Waals surface area contributed by atoms with Gasteiger partial charge in [-0.3, -0.25) is 4.99 Å². The van der Waals surface area contributed by atoms with Gasteiger partial charge in [-0.15, -0.1) is 0 Å². The molecule has 3 rings (SSSR count). The van der Waals surface area contributed by atoms with Gasteiger partial charge < -0.3 is 14.8 Å². The van der Waals surface area contributed by atoms with Crippen LogP contribution in [-0.4, -0.2) is 26.0 Å². The van der Waals surface area contributed by atoms with Gasteiger partial charge in [-0.25, -0.2) is 0 Å². The van der Waals surface area contributed by atoms with E-state index in [-0.39, 0.29) is 0 Å². The van der Waals surface area contributed by atoms with Crippen molar-refractivity contribution >= 4 is 5.84 Å². The second-order valence-corrected chi connectivity index (χ2v) is 4.79. The van der Waals surface area contributed by atoms with Crippen molar-refractivity contribution in [2.75, 3.05) is 20.2 Å². The van der Waals surface area contributed by atoms with E-state index in [1.807, 2.05) is 48.5 Å². The lowest BCUT2D eigenvalue weighted by atomic mass is 10.2. The average molecular weight is 282 g/mol. The molecule has 4 nitrogen and oxygen atoms in total. The van der Waals surface area contributed by atoms with Crippen molar-refractivity contribution in [3.05, 3.63) is 59.7 Å². The van der Waals surface area contributed by atoms with Crippen LogP contribution in [0.25, 0.3) is 0 Å². The molecule has 1 aliphatic heterocycles. The highest BCUT2D eigenvalue weighted by atomic mass is 16.5. The Kier molecular flexibility index (Phi) is 4.05. The summed E-state index contributed by atoms with van der Waals surface area (Å²) in [5.74, 6) is 2.62. The number of aliphatic imine (C=N–C) groups is 1. The van der Waals surface area contributed by atoms with E-state index in [0.29, 0.717) is 6.61 Å². The Bertz CT molecular complexity index is 635. The highest BCUT2D eigenvalue weighted by Crippen LogP contribution is 2.21. The van der Waals surface area contributed by atoms with Crippen LogP contribution in [-0.2, 0) is 6.61 Å². The zero-order valence-corrected chi connectivity index (χ0v) is 12.0. The molecule has 0 spiro atoms. The topological polar surface area (TPSA) is 42.9 Å². The molecule has 0 saturated heterocycles. The summed E-state index contributed by atoms with van der Waals surface area (Å²) in [5, 5.41) is 3.28. The van der Waals surface area contributed by atoms with Crippen molar-refractivity contribution in [3.63, 3.8) is 0 Å². The number of hydrogen-bond donors (Lipinski definition) is 1. The number of benzene rings is 2. The first-order valence-corrected chi connectivity index (χ1v) is 7.00. The molecule has 1 aliphatic rings. The Morgan fingerprint density at radius 1 is 1.10 bits per heavy atom. The van der Waals surface area contributed by atoms with Gasteiger partial charge in [0.2, 0.25) is 0 Å². The van der Waals surface area contributed by atoms with E-state index in [1.54, 1.807) is 7.11 Å². The van der Waals surface area contributed by atoms with E-state index in [2.05, 4.69) is 10.3 Å². The minimum atomic E-state index is 0.522. The number of para-hydroxylation sites is 1. The lowest BCUT2D eigenvalue weighted by Gasteiger charge is -2.12. The molecule has 0 saturated carbocycles. The first-order valence-electron chi connectivity index (χ1n) is 7.00. The highest BCUT2D eigenvalue weighted by Gasteiger charge is 2.12. The van der Waals surface area contributed by atoms with E-state index in [1.165, 1.54) is 0 Å². The van der Waals surface area contributed by atoms with Gasteiger partial charge >= 0.3 is 0 Å². The molecule has 0 aliphatic carbocycles. The second kappa shape index (κ2) is 6.31. The van der Waals surface area contributed by atoms with E-state index in [0.717, 1.165) is 41.6 Å². The number of ether oxygens (including phenoxy) is 2. The summed E-state index contributed by atoms with van der Waals surface area (Å²) < 4.78 is 11.1. The van der Waals surface area contributed by atoms with Gasteiger partial charge in [0.1, 0.15) is 23.9 Å². The molecule has 0 bridgehead atoms. The molecule has 0 aromatic heterocycles. The van der Waals surface area contributed by atoms with Crippen molar-refractivity contribution in [2.24, 2.45) is 4.99 Å². The summed E-state index contributed by atoms with van der Waals surface area (Å²) in [7, 11) is 1.66. The van der Waals surface area contributed by atoms with Crippen LogP contribution in [0.15, 0.2) is 53.5 Å². The molecule has 21 heavy (non-hydrogen) atoms. The van der Waals surface area contributed by atoms with Crippen LogP contribution >= 0.6 is 0 Å². The van der Waals surface area contributed by atoms with E-state index in [4.69, 9.17) is 9.47 Å². The molecule has 0 unspecified atom stereocenters. The van der Waals surface area contributed by atoms with Gasteiger partial charge in [-0.2, -0.15) is 0 Å². The van der Waals surface area contributed by atoms with Gasteiger partial charge in [0.25, 0.3) is 0 Å². The molecule has 2 aromatic carbocycles. The molecule has 0 fully saturated rings. The zero-order chi connectivity index (χ0) is 14.5. The summed E-state index contributed by atoms with van der Waals surface area (Å²) >= 11 is 0. The van der Waals surface area contributed by atoms with Crippen molar-refractivity contribution < 1.29 is 9.47 Å². The number of amidine groups is 1. The van der Waals surface area contributed by atoms with Gasteiger partial charge in [0.05, 0.1) is 19.2 Å². The smallest absolute Gasteiger partial charge is 0.132 e. The number of methoxy groups -OCH3 is 1. The quantitative estimate of drug-likeness (QED) is 0.916. The standard InChI is InChI=1S/C17H18N2O2/c1-20-14-8-6-13(7-9-14)12-21-16-5-3-2-4-15(16)17-18-10-11-19-17/h2-9H,10-12H2,1H3,(H,18,19). The Hall–Kier alpha value is -2.49. The molecule has 1 heterocycles. The van der Waals surface area contributed by atoms with Crippen LogP contribution in [0.2, 0.25) is 0 Å². The van der Waals surface area contributed by atoms with Gasteiger partial charge in [-0.1, -0.05) is 24.3 Å². The third-order valence-electron chi connectivity index (χ3n) is 3.37. The van der Waals surface area contributed by atoms with E-state index in [9.17, 15) is 0 Å². The molecule has 0 amide bonds. The molecule has 1 N–H and O–H groups in total. The van der Waals surface area contributed by atoms with Gasteiger partial charge in [0, 0.05) is 6.54 Å². The molecular weight excluding hydrogens is 264 g/mol. The van der Waals surface area contributed by atoms with Crippen LogP contribution < -0.4 is 14.8 Å². The predicted molar refractivity (Wildman–Crippen MR) is 83.2 cm³/mol. The molecule has 0 radical (unpaired) electrons. The van der Waals surface area contributed by atoms with Crippen LogP contribution in [0.4, 0.5) is 0 Å². The summed E-state index contributed by atoms with van der Waals surface area (Å²) in [5.41, 5.74) is 2.12. The third kappa shape index (κ3) is 3.16. The van der Waals surface area contributed by atoms with Gasteiger partial charge in [0.15, 0.2) is 0 Å². The summed E-state index contributed by atoms with van der Waals surface area (Å²) in [4.78, 5) is 4.45. The fraction of sp³-hybridized carbons (Fsp3) is 0.235. The van der Waals surface area contributed by atoms with Crippen LogP contribution in [0.1, 0.15) is 11.1 Å². The number of nitrogens with zero attached hydrogens (tertiary/aromatic N) is 1. The van der Waals surface area contributed by atoms with Crippen molar-refractivity contribution in [1.82, 2.24) is 5.32 Å². The van der Waals surface area contributed by atoms with Crippen molar-refractivity contribution in [3.8, 4) is 11.5 Å². The Morgan fingerprint density at radius 3 is 2.62 bits per heavy atom. The lowest BCUT2D eigenvalue weighted by Crippen LogP contribution is -2.20. The van der Waals surface area contributed by atoms with Crippen LogP contribution in [0, 0.1) is 0 Å². The first kappa shape index (κ1) is 13.5. The zero-order valence-electron chi connectivity index (χ0n) is 12.0. The minimum Gasteiger partial charge on any atom is -0.497 e. The lowest BCUT2D eigenvalue weighted by molar-refractivity contribution is 0.305. The van der Waals surface area contributed by atoms with E-state index < -0.39 is 0 Å². The van der Waals surface area contributed by atoms with Crippen LogP contribution in [0.5, 0.6) is 11.5 Å². The fourth-order valence-corrected chi connectivity index (χ4v) is 2.25. The molecule has 2 aromatic rings. The Labute approximate surface area is 124 Å². The third-order valence-corrected chi connectivity index (χ3v) is 3.37. The maximum absolute atomic E-state index is 5.95. The number of rotatable bonds is 5. The molecule has 0 atom stereocenters. The maximum atomic E-state index is 5.95. The Morgan fingerprint density at radius 2 is 1.90 bits per heavy atom. The second-order valence-electron chi connectivity index (χ2n) is 4.79. The van der Waals surface area contributed by atoms with Crippen molar-refractivity contribution in [2.45, 2.75) is 6.61 Å². The molecular formula is C17H18N2O2. The maximum Gasteiger partial charge on any atom is 0.132 e. The predicted octanol–water partition coefficient (Wildman–Crippen LogP) is 2.62. The molecule has 4 heteroatoms. The number of hydrogen-bond acceptors (Lipinski definition) is 4. The highest BCUT2D eigenvalue weighted by molar-refractivity contribution is 6.02. The summed E-state index contributed by atoms with van der Waals surface area (Å²) in [6, 6.07) is 15.9. The average Bonchev–Trinajstić information content (AvgIpc) is 3.08. The summed E-state index contributed by atoms with van der Waals surface area (Å²) in [6.45, 7) is 2.23. The number of nitrogens with one attached hydrogen (secondary N) is 1. The molecule has 108 valence electrons. The van der Waals surface area contributed by atoms with Gasteiger partial charge in [-0.05, 0) is 29.8 Å².